The maximum absolute atomic E-state index is 6.22. The van der Waals surface area contributed by atoms with Gasteiger partial charge in [0.15, 0.2) is 0 Å². The topological polar surface area (TPSA) is 13.1 Å². The van der Waals surface area contributed by atoms with Crippen molar-refractivity contribution in [2.45, 2.75) is 0 Å². The van der Waals surface area contributed by atoms with Crippen LogP contribution in [-0.4, -0.2) is 0 Å². The summed E-state index contributed by atoms with van der Waals surface area (Å²) in [5.74, 6) is 0. The lowest BCUT2D eigenvalue weighted by atomic mass is 10.0. The van der Waals surface area contributed by atoms with Crippen molar-refractivity contribution in [2.24, 2.45) is 0 Å². The Balaban J connectivity index is 2.06. The Bertz CT molecular complexity index is 971. The molecule has 0 fully saturated rings. The van der Waals surface area contributed by atoms with Crippen molar-refractivity contribution in [3.05, 3.63) is 70.2 Å². The number of fused-ring (bicyclic) bond motifs is 3. The van der Waals surface area contributed by atoms with Crippen molar-refractivity contribution in [3.8, 4) is 11.1 Å². The molecule has 1 aromatic heterocycles. The number of para-hydroxylation sites is 2. The van der Waals surface area contributed by atoms with Gasteiger partial charge in [0.1, 0.15) is 11.2 Å². The molecule has 0 amide bonds. The van der Waals surface area contributed by atoms with Gasteiger partial charge in [0, 0.05) is 20.8 Å². The first kappa shape index (κ1) is 12.9. The highest BCUT2D eigenvalue weighted by atomic mass is 79.9. The van der Waals surface area contributed by atoms with Crippen LogP contribution >= 0.6 is 27.5 Å². The van der Waals surface area contributed by atoms with Crippen LogP contribution in [0.2, 0.25) is 5.02 Å². The highest BCUT2D eigenvalue weighted by Gasteiger charge is 2.12. The van der Waals surface area contributed by atoms with Crippen LogP contribution in [0.5, 0.6) is 0 Å². The van der Waals surface area contributed by atoms with E-state index in [4.69, 9.17) is 16.0 Å². The van der Waals surface area contributed by atoms with E-state index in [9.17, 15) is 0 Å². The summed E-state index contributed by atoms with van der Waals surface area (Å²) < 4.78 is 6.95. The lowest BCUT2D eigenvalue weighted by molar-refractivity contribution is 0.670. The van der Waals surface area contributed by atoms with Crippen LogP contribution in [0.15, 0.2) is 69.6 Å². The molecule has 102 valence electrons. The molecule has 0 aliphatic rings. The molecule has 4 aromatic rings. The van der Waals surface area contributed by atoms with E-state index >= 15 is 0 Å². The number of hydrogen-bond donors (Lipinski definition) is 0. The summed E-state index contributed by atoms with van der Waals surface area (Å²) in [5.41, 5.74) is 3.91. The Morgan fingerprint density at radius 3 is 2.52 bits per heavy atom. The number of hydrogen-bond acceptors (Lipinski definition) is 1. The molecule has 3 aromatic carbocycles. The van der Waals surface area contributed by atoms with Gasteiger partial charge in [-0.15, -0.1) is 0 Å². The Morgan fingerprint density at radius 1 is 0.857 bits per heavy atom. The predicted octanol–water partition coefficient (Wildman–Crippen LogP) is 6.67. The third-order valence-corrected chi connectivity index (χ3v) is 4.87. The molecule has 0 atom stereocenters. The highest BCUT2D eigenvalue weighted by molar-refractivity contribution is 9.10. The number of rotatable bonds is 1. The molecule has 0 saturated carbocycles. The standard InChI is InChI=1S/C18H10BrClO/c19-15-9-8-11(10-16(15)20)12-5-3-6-14-13-4-1-2-7-17(13)21-18(12)14/h1-10H. The van der Waals surface area contributed by atoms with Gasteiger partial charge in [0.25, 0.3) is 0 Å². The summed E-state index contributed by atoms with van der Waals surface area (Å²) in [6.45, 7) is 0. The summed E-state index contributed by atoms with van der Waals surface area (Å²) in [7, 11) is 0. The average Bonchev–Trinajstić information content (AvgIpc) is 2.89. The van der Waals surface area contributed by atoms with E-state index in [2.05, 4.69) is 40.2 Å². The van der Waals surface area contributed by atoms with Crippen LogP contribution in [0.1, 0.15) is 0 Å². The maximum Gasteiger partial charge on any atom is 0.143 e. The summed E-state index contributed by atoms with van der Waals surface area (Å²) in [4.78, 5) is 0. The fourth-order valence-corrected chi connectivity index (χ4v) is 3.07. The van der Waals surface area contributed by atoms with Gasteiger partial charge >= 0.3 is 0 Å². The molecule has 1 heterocycles. The second-order valence-electron chi connectivity index (χ2n) is 4.91. The monoisotopic (exact) mass is 356 g/mol. The zero-order valence-corrected chi connectivity index (χ0v) is 13.3. The lowest BCUT2D eigenvalue weighted by Crippen LogP contribution is -1.79. The minimum Gasteiger partial charge on any atom is -0.455 e. The summed E-state index contributed by atoms with van der Waals surface area (Å²) in [6.07, 6.45) is 0. The van der Waals surface area contributed by atoms with Crippen LogP contribution in [-0.2, 0) is 0 Å². The van der Waals surface area contributed by atoms with Crippen LogP contribution in [0.4, 0.5) is 0 Å². The molecule has 0 aliphatic heterocycles. The molecule has 4 rings (SSSR count). The van der Waals surface area contributed by atoms with E-state index < -0.39 is 0 Å². The number of furan rings is 1. The van der Waals surface area contributed by atoms with Gasteiger partial charge < -0.3 is 4.42 Å². The molecule has 1 nitrogen and oxygen atoms in total. The maximum atomic E-state index is 6.22. The second-order valence-corrected chi connectivity index (χ2v) is 6.17. The number of halogens is 2. The zero-order chi connectivity index (χ0) is 14.4. The first-order valence-electron chi connectivity index (χ1n) is 6.60. The molecule has 3 heteroatoms. The smallest absolute Gasteiger partial charge is 0.143 e. The molecule has 0 aliphatic carbocycles. The Labute approximate surface area is 135 Å². The third kappa shape index (κ3) is 2.06. The molecule has 0 radical (unpaired) electrons. The Hall–Kier alpha value is -1.77. The van der Waals surface area contributed by atoms with Crippen molar-refractivity contribution >= 4 is 49.5 Å². The van der Waals surface area contributed by atoms with Gasteiger partial charge in [-0.3, -0.25) is 0 Å². The quantitative estimate of drug-likeness (QED) is 0.371. The Morgan fingerprint density at radius 2 is 1.67 bits per heavy atom. The molecule has 0 unspecified atom stereocenters. The molecule has 0 spiro atoms. The molecule has 0 N–H and O–H groups in total. The van der Waals surface area contributed by atoms with E-state index in [0.29, 0.717) is 5.02 Å². The average molecular weight is 358 g/mol. The van der Waals surface area contributed by atoms with E-state index in [-0.39, 0.29) is 0 Å². The van der Waals surface area contributed by atoms with Gasteiger partial charge in [0.05, 0.1) is 5.02 Å². The van der Waals surface area contributed by atoms with Gasteiger partial charge in [-0.1, -0.05) is 54.1 Å². The molecular formula is C18H10BrClO. The molecule has 21 heavy (non-hydrogen) atoms. The van der Waals surface area contributed by atoms with Crippen LogP contribution in [0.25, 0.3) is 33.1 Å². The third-order valence-electron chi connectivity index (χ3n) is 3.63. The molecule has 0 saturated heterocycles. The lowest BCUT2D eigenvalue weighted by Gasteiger charge is -2.04. The van der Waals surface area contributed by atoms with Gasteiger partial charge in [0.2, 0.25) is 0 Å². The normalized spacial score (nSPS) is 11.3. The largest absolute Gasteiger partial charge is 0.455 e. The van der Waals surface area contributed by atoms with Crippen molar-refractivity contribution in [3.63, 3.8) is 0 Å². The van der Waals surface area contributed by atoms with E-state index in [1.165, 1.54) is 0 Å². The van der Waals surface area contributed by atoms with Crippen LogP contribution in [0, 0.1) is 0 Å². The summed E-state index contributed by atoms with van der Waals surface area (Å²) in [5, 5.41) is 2.96. The van der Waals surface area contributed by atoms with Crippen molar-refractivity contribution in [1.82, 2.24) is 0 Å². The minimum atomic E-state index is 0.695. The van der Waals surface area contributed by atoms with Gasteiger partial charge in [-0.05, 0) is 39.7 Å². The fraction of sp³-hybridized carbons (Fsp3) is 0. The zero-order valence-electron chi connectivity index (χ0n) is 10.9. The first-order valence-corrected chi connectivity index (χ1v) is 7.77. The van der Waals surface area contributed by atoms with Crippen LogP contribution in [0.3, 0.4) is 0 Å². The second kappa shape index (κ2) is 4.90. The Kier molecular flexibility index (Phi) is 3.02. The van der Waals surface area contributed by atoms with Crippen molar-refractivity contribution < 1.29 is 4.42 Å². The first-order chi connectivity index (χ1) is 10.2. The van der Waals surface area contributed by atoms with E-state index in [1.54, 1.807) is 0 Å². The summed E-state index contributed by atoms with van der Waals surface area (Å²) >= 11 is 9.64. The highest BCUT2D eigenvalue weighted by Crippen LogP contribution is 2.37. The molecular weight excluding hydrogens is 348 g/mol. The minimum absolute atomic E-state index is 0.695. The predicted molar refractivity (Wildman–Crippen MR) is 91.9 cm³/mol. The van der Waals surface area contributed by atoms with Gasteiger partial charge in [-0.2, -0.15) is 0 Å². The van der Waals surface area contributed by atoms with E-state index in [1.807, 2.05) is 36.4 Å². The van der Waals surface area contributed by atoms with Gasteiger partial charge in [-0.25, -0.2) is 0 Å². The number of benzene rings is 3. The molecule has 0 bridgehead atoms. The van der Waals surface area contributed by atoms with E-state index in [0.717, 1.165) is 37.5 Å². The summed E-state index contributed by atoms with van der Waals surface area (Å²) in [6, 6.07) is 20.2. The SMILES string of the molecule is Clc1cc(-c2cccc3c2oc2ccccc23)ccc1Br. The van der Waals surface area contributed by atoms with Crippen molar-refractivity contribution in [1.29, 1.82) is 0 Å². The fourth-order valence-electron chi connectivity index (χ4n) is 2.64. The van der Waals surface area contributed by atoms with Crippen molar-refractivity contribution in [2.75, 3.05) is 0 Å². The van der Waals surface area contributed by atoms with Crippen LogP contribution < -0.4 is 0 Å².